The van der Waals surface area contributed by atoms with Crippen molar-refractivity contribution in [2.75, 3.05) is 0 Å². The predicted molar refractivity (Wildman–Crippen MR) is 55.4 cm³/mol. The average molecular weight is 188 g/mol. The number of nitrogens with one attached hydrogen (secondary N) is 1. The van der Waals surface area contributed by atoms with Gasteiger partial charge in [-0.15, -0.1) is 0 Å². The normalized spacial score (nSPS) is 11.9. The van der Waals surface area contributed by atoms with Crippen molar-refractivity contribution in [3.8, 4) is 0 Å². The first-order valence-corrected chi connectivity index (χ1v) is 4.53. The number of hydrogen-bond acceptors (Lipinski definition) is 2. The molecule has 2 aromatic heterocycles. The molecule has 0 unspecified atom stereocenters. The van der Waals surface area contributed by atoms with Gasteiger partial charge in [-0.05, 0) is 31.2 Å². The van der Waals surface area contributed by atoms with E-state index in [9.17, 15) is 0 Å². The molecule has 0 aliphatic rings. The third kappa shape index (κ3) is 1.93. The molecule has 72 valence electrons. The largest absolute Gasteiger partial charge is 0.467 e. The lowest BCUT2D eigenvalue weighted by molar-refractivity contribution is 0.513. The standard InChI is InChI=1S/C11H12N2O/c1-9(11-5-2-6-12-11)13-8-10-4-3-7-14-10/h2-7,12H,8H2,1H3. The van der Waals surface area contributed by atoms with Crippen LogP contribution >= 0.6 is 0 Å². The van der Waals surface area contributed by atoms with Crippen LogP contribution in [0.1, 0.15) is 18.4 Å². The van der Waals surface area contributed by atoms with E-state index in [0.717, 1.165) is 17.2 Å². The maximum absolute atomic E-state index is 5.18. The summed E-state index contributed by atoms with van der Waals surface area (Å²) in [4.78, 5) is 7.51. The van der Waals surface area contributed by atoms with Crippen LogP contribution in [-0.4, -0.2) is 10.7 Å². The molecule has 0 aliphatic carbocycles. The van der Waals surface area contributed by atoms with Gasteiger partial charge in [-0.1, -0.05) is 0 Å². The summed E-state index contributed by atoms with van der Waals surface area (Å²) in [5.41, 5.74) is 2.04. The predicted octanol–water partition coefficient (Wildman–Crippen LogP) is 2.62. The second kappa shape index (κ2) is 3.96. The molecular weight excluding hydrogens is 176 g/mol. The molecule has 0 amide bonds. The Morgan fingerprint density at radius 2 is 2.36 bits per heavy atom. The van der Waals surface area contributed by atoms with Gasteiger partial charge in [-0.3, -0.25) is 4.99 Å². The minimum Gasteiger partial charge on any atom is -0.467 e. The van der Waals surface area contributed by atoms with Gasteiger partial charge in [0.05, 0.1) is 24.2 Å². The molecule has 0 saturated carbocycles. The number of furan rings is 1. The summed E-state index contributed by atoms with van der Waals surface area (Å²) in [5.74, 6) is 0.885. The first-order valence-electron chi connectivity index (χ1n) is 4.53. The van der Waals surface area contributed by atoms with Crippen LogP contribution in [0, 0.1) is 0 Å². The smallest absolute Gasteiger partial charge is 0.125 e. The fraction of sp³-hybridized carbons (Fsp3) is 0.182. The van der Waals surface area contributed by atoms with E-state index in [1.165, 1.54) is 0 Å². The van der Waals surface area contributed by atoms with E-state index in [1.54, 1.807) is 6.26 Å². The number of nitrogens with zero attached hydrogens (tertiary/aromatic N) is 1. The molecule has 0 aliphatic heterocycles. The molecule has 0 atom stereocenters. The van der Waals surface area contributed by atoms with E-state index >= 15 is 0 Å². The van der Waals surface area contributed by atoms with Gasteiger partial charge in [0.1, 0.15) is 5.76 Å². The molecule has 3 heteroatoms. The van der Waals surface area contributed by atoms with E-state index in [-0.39, 0.29) is 0 Å². The Morgan fingerprint density at radius 1 is 1.43 bits per heavy atom. The van der Waals surface area contributed by atoms with Crippen molar-refractivity contribution >= 4 is 5.71 Å². The number of aromatic nitrogens is 1. The van der Waals surface area contributed by atoms with Gasteiger partial charge in [-0.2, -0.15) is 0 Å². The van der Waals surface area contributed by atoms with E-state index in [2.05, 4.69) is 9.98 Å². The zero-order chi connectivity index (χ0) is 9.80. The zero-order valence-corrected chi connectivity index (χ0v) is 8.03. The second-order valence-corrected chi connectivity index (χ2v) is 3.06. The average Bonchev–Trinajstić information content (AvgIpc) is 2.87. The van der Waals surface area contributed by atoms with Gasteiger partial charge in [0, 0.05) is 6.20 Å². The molecular formula is C11H12N2O. The molecule has 2 aromatic rings. The summed E-state index contributed by atoms with van der Waals surface area (Å²) in [7, 11) is 0. The third-order valence-electron chi connectivity index (χ3n) is 2.04. The highest BCUT2D eigenvalue weighted by atomic mass is 16.3. The van der Waals surface area contributed by atoms with Crippen molar-refractivity contribution in [1.82, 2.24) is 4.98 Å². The lowest BCUT2D eigenvalue weighted by atomic mass is 10.3. The van der Waals surface area contributed by atoms with E-state index < -0.39 is 0 Å². The first-order chi connectivity index (χ1) is 6.86. The Morgan fingerprint density at radius 3 is 3.00 bits per heavy atom. The summed E-state index contributed by atoms with van der Waals surface area (Å²) < 4.78 is 5.18. The molecule has 14 heavy (non-hydrogen) atoms. The van der Waals surface area contributed by atoms with Crippen molar-refractivity contribution < 1.29 is 4.42 Å². The van der Waals surface area contributed by atoms with Crippen molar-refractivity contribution in [3.63, 3.8) is 0 Å². The minimum absolute atomic E-state index is 0.595. The SMILES string of the molecule is CC(=NCc1ccco1)c1ccc[nH]1. The minimum atomic E-state index is 0.595. The summed E-state index contributed by atoms with van der Waals surface area (Å²) in [6, 6.07) is 7.75. The Labute approximate surface area is 82.5 Å². The van der Waals surface area contributed by atoms with Gasteiger partial charge < -0.3 is 9.40 Å². The molecule has 0 spiro atoms. The van der Waals surface area contributed by atoms with Gasteiger partial charge in [0.25, 0.3) is 0 Å². The Bertz CT molecular complexity index is 398. The van der Waals surface area contributed by atoms with Crippen molar-refractivity contribution in [1.29, 1.82) is 0 Å². The summed E-state index contributed by atoms with van der Waals surface area (Å²) in [6.45, 7) is 2.58. The van der Waals surface area contributed by atoms with E-state index in [1.807, 2.05) is 37.4 Å². The molecule has 2 heterocycles. The number of aromatic amines is 1. The van der Waals surface area contributed by atoms with Gasteiger partial charge in [0.2, 0.25) is 0 Å². The van der Waals surface area contributed by atoms with Crippen LogP contribution in [0.4, 0.5) is 0 Å². The molecule has 1 N–H and O–H groups in total. The molecule has 2 rings (SSSR count). The summed E-state index contributed by atoms with van der Waals surface area (Å²) in [6.07, 6.45) is 3.55. The maximum atomic E-state index is 5.18. The van der Waals surface area contributed by atoms with Crippen LogP contribution in [0.5, 0.6) is 0 Å². The van der Waals surface area contributed by atoms with Gasteiger partial charge in [0.15, 0.2) is 0 Å². The zero-order valence-electron chi connectivity index (χ0n) is 8.03. The highest BCUT2D eigenvalue weighted by Crippen LogP contribution is 2.04. The van der Waals surface area contributed by atoms with Gasteiger partial charge >= 0.3 is 0 Å². The number of rotatable bonds is 3. The lowest BCUT2D eigenvalue weighted by Gasteiger charge is -1.95. The summed E-state index contributed by atoms with van der Waals surface area (Å²) >= 11 is 0. The molecule has 0 bridgehead atoms. The number of hydrogen-bond donors (Lipinski definition) is 1. The topological polar surface area (TPSA) is 41.3 Å². The molecule has 0 fully saturated rings. The van der Waals surface area contributed by atoms with E-state index in [0.29, 0.717) is 6.54 Å². The van der Waals surface area contributed by atoms with Crippen LogP contribution in [0.2, 0.25) is 0 Å². The monoisotopic (exact) mass is 188 g/mol. The third-order valence-corrected chi connectivity index (χ3v) is 2.04. The van der Waals surface area contributed by atoms with Crippen LogP contribution in [0.3, 0.4) is 0 Å². The second-order valence-electron chi connectivity index (χ2n) is 3.06. The van der Waals surface area contributed by atoms with Crippen molar-refractivity contribution in [2.24, 2.45) is 4.99 Å². The van der Waals surface area contributed by atoms with Crippen LogP contribution < -0.4 is 0 Å². The molecule has 3 nitrogen and oxygen atoms in total. The summed E-state index contributed by atoms with van der Waals surface area (Å²) in [5, 5.41) is 0. The van der Waals surface area contributed by atoms with Gasteiger partial charge in [-0.25, -0.2) is 0 Å². The van der Waals surface area contributed by atoms with Crippen LogP contribution in [0.25, 0.3) is 0 Å². The first kappa shape index (κ1) is 8.81. The molecule has 0 radical (unpaired) electrons. The molecule has 0 saturated heterocycles. The highest BCUT2D eigenvalue weighted by molar-refractivity contribution is 5.96. The quantitative estimate of drug-likeness (QED) is 0.739. The van der Waals surface area contributed by atoms with E-state index in [4.69, 9.17) is 4.42 Å². The van der Waals surface area contributed by atoms with Crippen LogP contribution in [-0.2, 0) is 6.54 Å². The number of aliphatic imine (C=N–C) groups is 1. The van der Waals surface area contributed by atoms with Crippen molar-refractivity contribution in [3.05, 3.63) is 48.2 Å². The van der Waals surface area contributed by atoms with Crippen molar-refractivity contribution in [2.45, 2.75) is 13.5 Å². The maximum Gasteiger partial charge on any atom is 0.125 e. The number of H-pyrrole nitrogens is 1. The highest BCUT2D eigenvalue weighted by Gasteiger charge is 1.97. The fourth-order valence-corrected chi connectivity index (χ4v) is 1.24. The Balaban J connectivity index is 2.05. The lowest BCUT2D eigenvalue weighted by Crippen LogP contribution is -1.95. The molecule has 0 aromatic carbocycles. The Kier molecular flexibility index (Phi) is 2.49. The Hall–Kier alpha value is -1.77. The van der Waals surface area contributed by atoms with Crippen LogP contribution in [0.15, 0.2) is 46.1 Å². The fourth-order valence-electron chi connectivity index (χ4n) is 1.24.